The van der Waals surface area contributed by atoms with Crippen LogP contribution in [0.4, 0.5) is 4.39 Å². The summed E-state index contributed by atoms with van der Waals surface area (Å²) in [5.41, 5.74) is 1.11. The van der Waals surface area contributed by atoms with E-state index in [4.69, 9.17) is 0 Å². The summed E-state index contributed by atoms with van der Waals surface area (Å²) in [7, 11) is 2.02. The van der Waals surface area contributed by atoms with E-state index >= 15 is 0 Å². The fourth-order valence-corrected chi connectivity index (χ4v) is 3.50. The van der Waals surface area contributed by atoms with E-state index in [0.717, 1.165) is 29.1 Å². The Kier molecular flexibility index (Phi) is 6.08. The number of aromatic amines is 1. The highest BCUT2D eigenvalue weighted by molar-refractivity contribution is 5.70. The Morgan fingerprint density at radius 2 is 1.82 bits per heavy atom. The zero-order valence-corrected chi connectivity index (χ0v) is 16.6. The van der Waals surface area contributed by atoms with Crippen molar-refractivity contribution in [2.24, 2.45) is 0 Å². The molecule has 1 unspecified atom stereocenters. The number of unbranched alkanes of at least 4 members (excludes halogenated alkanes) is 1. The van der Waals surface area contributed by atoms with Gasteiger partial charge in [-0.25, -0.2) is 14.2 Å². The van der Waals surface area contributed by atoms with Crippen molar-refractivity contribution in [3.05, 3.63) is 62.3 Å². The molecule has 7 nitrogen and oxygen atoms in total. The second kappa shape index (κ2) is 8.52. The predicted octanol–water partition coefficient (Wildman–Crippen LogP) is 1.06. The van der Waals surface area contributed by atoms with Gasteiger partial charge in [0.1, 0.15) is 18.9 Å². The number of hydrogen-bond acceptors (Lipinski definition) is 3. The molecule has 2 aromatic heterocycles. The van der Waals surface area contributed by atoms with Gasteiger partial charge in [0.25, 0.3) is 5.56 Å². The van der Waals surface area contributed by atoms with E-state index in [-0.39, 0.29) is 5.82 Å². The fraction of sp³-hybridized carbons (Fsp3) is 0.450. The average molecular weight is 388 g/mol. The maximum Gasteiger partial charge on any atom is 0.330 e. The van der Waals surface area contributed by atoms with Crippen LogP contribution in [0, 0.1) is 5.82 Å². The minimum atomic E-state index is -0.412. The van der Waals surface area contributed by atoms with Crippen molar-refractivity contribution < 1.29 is 9.29 Å². The lowest BCUT2D eigenvalue weighted by Crippen LogP contribution is -3.06. The largest absolute Gasteiger partial charge is 0.330 e. The predicted molar refractivity (Wildman–Crippen MR) is 106 cm³/mol. The molecule has 0 bridgehead atoms. The second-order valence-corrected chi connectivity index (χ2v) is 7.15. The van der Waals surface area contributed by atoms with Gasteiger partial charge in [-0.05, 0) is 25.5 Å². The Hall–Kier alpha value is -2.74. The van der Waals surface area contributed by atoms with E-state index in [1.807, 2.05) is 18.5 Å². The summed E-state index contributed by atoms with van der Waals surface area (Å²) in [6, 6.07) is 6.45. The molecule has 0 radical (unpaired) electrons. The van der Waals surface area contributed by atoms with E-state index in [0.29, 0.717) is 37.3 Å². The molecule has 0 saturated carbocycles. The Morgan fingerprint density at radius 3 is 2.46 bits per heavy atom. The highest BCUT2D eigenvalue weighted by Crippen LogP contribution is 2.11. The number of fused-ring (bicyclic) bond motifs is 1. The normalized spacial score (nSPS) is 12.6. The van der Waals surface area contributed by atoms with Gasteiger partial charge in [0.2, 0.25) is 0 Å². The molecule has 0 saturated heterocycles. The number of aromatic nitrogens is 4. The van der Waals surface area contributed by atoms with Crippen LogP contribution in [0.15, 0.2) is 33.9 Å². The van der Waals surface area contributed by atoms with Gasteiger partial charge in [-0.1, -0.05) is 25.5 Å². The second-order valence-electron chi connectivity index (χ2n) is 7.15. The topological polar surface area (TPSA) is 77.1 Å². The quantitative estimate of drug-likeness (QED) is 0.606. The molecule has 0 fully saturated rings. The molecular formula is C20H27FN5O2+. The monoisotopic (exact) mass is 388 g/mol. The number of quaternary nitrogens is 1. The van der Waals surface area contributed by atoms with Crippen LogP contribution in [0.25, 0.3) is 11.2 Å². The van der Waals surface area contributed by atoms with Gasteiger partial charge in [-0.2, -0.15) is 0 Å². The van der Waals surface area contributed by atoms with Gasteiger partial charge in [-0.3, -0.25) is 14.3 Å². The van der Waals surface area contributed by atoms with E-state index in [1.165, 1.54) is 12.1 Å². The van der Waals surface area contributed by atoms with Crippen molar-refractivity contribution in [3.8, 4) is 0 Å². The van der Waals surface area contributed by atoms with Crippen molar-refractivity contribution in [2.45, 2.75) is 52.9 Å². The van der Waals surface area contributed by atoms with Crippen LogP contribution in [0.2, 0.25) is 0 Å². The third-order valence-corrected chi connectivity index (χ3v) is 4.90. The Bertz CT molecular complexity index is 1070. The lowest BCUT2D eigenvalue weighted by molar-refractivity contribution is -0.908. The number of imidazole rings is 1. The van der Waals surface area contributed by atoms with E-state index in [1.54, 1.807) is 16.7 Å². The Balaban J connectivity index is 1.96. The van der Waals surface area contributed by atoms with Gasteiger partial charge in [0.05, 0.1) is 7.05 Å². The Morgan fingerprint density at radius 1 is 1.11 bits per heavy atom. The minimum Gasteiger partial charge on any atom is -0.327 e. The molecule has 1 atom stereocenters. The molecular weight excluding hydrogens is 361 g/mol. The van der Waals surface area contributed by atoms with Crippen LogP contribution < -0.4 is 16.1 Å². The van der Waals surface area contributed by atoms with Gasteiger partial charge < -0.3 is 9.47 Å². The molecule has 2 N–H and O–H groups in total. The number of H-pyrrole nitrogens is 1. The van der Waals surface area contributed by atoms with Crippen LogP contribution >= 0.6 is 0 Å². The summed E-state index contributed by atoms with van der Waals surface area (Å²) >= 11 is 0. The summed E-state index contributed by atoms with van der Waals surface area (Å²) in [5, 5.41) is 0. The summed E-state index contributed by atoms with van der Waals surface area (Å²) in [6.45, 7) is 6.41. The lowest BCUT2D eigenvalue weighted by atomic mass is 10.2. The lowest BCUT2D eigenvalue weighted by Gasteiger charge is -2.14. The maximum absolute atomic E-state index is 13.1. The van der Waals surface area contributed by atoms with Crippen molar-refractivity contribution in [2.75, 3.05) is 7.05 Å². The van der Waals surface area contributed by atoms with E-state index < -0.39 is 11.2 Å². The highest BCUT2D eigenvalue weighted by atomic mass is 19.1. The van der Waals surface area contributed by atoms with Gasteiger partial charge >= 0.3 is 5.69 Å². The maximum atomic E-state index is 13.1. The Labute approximate surface area is 162 Å². The first-order valence-electron chi connectivity index (χ1n) is 9.72. The molecule has 3 aromatic rings. The number of nitrogens with zero attached hydrogens (tertiary/aromatic N) is 3. The molecule has 0 spiro atoms. The average Bonchev–Trinajstić information content (AvgIpc) is 3.01. The molecule has 3 rings (SSSR count). The number of rotatable bonds is 8. The molecule has 0 amide bonds. The zero-order chi connectivity index (χ0) is 20.3. The molecule has 28 heavy (non-hydrogen) atoms. The zero-order valence-electron chi connectivity index (χ0n) is 16.6. The van der Waals surface area contributed by atoms with Crippen LogP contribution in [-0.4, -0.2) is 26.1 Å². The summed E-state index contributed by atoms with van der Waals surface area (Å²) < 4.78 is 16.5. The van der Waals surface area contributed by atoms with Gasteiger partial charge in [0.15, 0.2) is 17.0 Å². The number of aryl methyl sites for hydroxylation is 2. The summed E-state index contributed by atoms with van der Waals surface area (Å²) in [6.07, 6.45) is 1.78. The van der Waals surface area contributed by atoms with Crippen LogP contribution in [0.1, 0.15) is 38.1 Å². The van der Waals surface area contributed by atoms with Crippen LogP contribution in [0.5, 0.6) is 0 Å². The third-order valence-electron chi connectivity index (χ3n) is 4.90. The SMILES string of the molecule is CCCCn1c(=O)[nH]c(=O)c2c1nc(C[NH+](C)Cc1ccc(F)cc1)n2CC. The van der Waals surface area contributed by atoms with Crippen LogP contribution in [0.3, 0.4) is 0 Å². The standard InChI is InChI=1S/C20H26FN5O2/c1-4-6-11-26-18-17(19(27)23-20(26)28)25(5-2)16(22-18)13-24(3)12-14-7-9-15(21)10-8-14/h7-10H,4-6,11-13H2,1-3H3,(H,23,27,28)/p+1. The molecule has 0 aliphatic carbocycles. The van der Waals surface area contributed by atoms with Crippen molar-refractivity contribution in [1.82, 2.24) is 19.1 Å². The first kappa shape index (κ1) is 20.0. The number of nitrogens with one attached hydrogen (secondary N) is 2. The smallest absolute Gasteiger partial charge is 0.327 e. The van der Waals surface area contributed by atoms with Gasteiger partial charge in [0, 0.05) is 18.7 Å². The summed E-state index contributed by atoms with van der Waals surface area (Å²) in [4.78, 5) is 33.0. The molecule has 0 aliphatic rings. The summed E-state index contributed by atoms with van der Waals surface area (Å²) in [5.74, 6) is 0.511. The molecule has 1 aromatic carbocycles. The van der Waals surface area contributed by atoms with E-state index in [9.17, 15) is 14.0 Å². The third kappa shape index (κ3) is 4.06. The van der Waals surface area contributed by atoms with Crippen LogP contribution in [-0.2, 0) is 26.2 Å². The molecule has 0 aliphatic heterocycles. The van der Waals surface area contributed by atoms with Crippen molar-refractivity contribution >= 4 is 11.2 Å². The first-order valence-corrected chi connectivity index (χ1v) is 9.72. The number of hydrogen-bond donors (Lipinski definition) is 2. The molecule has 150 valence electrons. The highest BCUT2D eigenvalue weighted by Gasteiger charge is 2.20. The van der Waals surface area contributed by atoms with Crippen molar-refractivity contribution in [3.63, 3.8) is 0 Å². The number of benzene rings is 1. The fourth-order valence-electron chi connectivity index (χ4n) is 3.50. The number of halogens is 1. The van der Waals surface area contributed by atoms with Gasteiger partial charge in [-0.15, -0.1) is 0 Å². The minimum absolute atomic E-state index is 0.251. The molecule has 8 heteroatoms. The molecule has 2 heterocycles. The van der Waals surface area contributed by atoms with E-state index in [2.05, 4.69) is 16.9 Å². The van der Waals surface area contributed by atoms with Crippen molar-refractivity contribution in [1.29, 1.82) is 0 Å². The first-order chi connectivity index (χ1) is 13.4.